The molecule has 3 N–H and O–H groups in total. The van der Waals surface area contributed by atoms with Crippen LogP contribution in [0, 0.1) is 0 Å². The van der Waals surface area contributed by atoms with Gasteiger partial charge >= 0.3 is 0 Å². The highest BCUT2D eigenvalue weighted by Gasteiger charge is 2.13. The van der Waals surface area contributed by atoms with Crippen LogP contribution in [-0.2, 0) is 4.79 Å². The summed E-state index contributed by atoms with van der Waals surface area (Å²) in [7, 11) is 0. The zero-order chi connectivity index (χ0) is 12.5. The molecule has 0 aromatic carbocycles. The van der Waals surface area contributed by atoms with Crippen molar-refractivity contribution in [3.05, 3.63) is 24.5 Å². The Hall–Kier alpha value is -1.62. The fraction of sp³-hybridized carbons (Fsp3) is 0.500. The molecule has 1 rings (SSSR count). The van der Waals surface area contributed by atoms with Gasteiger partial charge in [0.25, 0.3) is 5.91 Å². The molecule has 0 aliphatic carbocycles. The van der Waals surface area contributed by atoms with Gasteiger partial charge in [-0.3, -0.25) is 9.78 Å². The number of carbonyl (C=O) groups excluding carboxylic acids is 1. The number of unbranched alkanes of at least 4 members (excludes halogenated alkanes) is 1. The van der Waals surface area contributed by atoms with Crippen LogP contribution in [0.15, 0.2) is 24.5 Å². The van der Waals surface area contributed by atoms with Crippen LogP contribution in [-0.4, -0.2) is 30.1 Å². The maximum atomic E-state index is 11.6. The van der Waals surface area contributed by atoms with Crippen LogP contribution in [0.25, 0.3) is 0 Å². The van der Waals surface area contributed by atoms with Gasteiger partial charge in [-0.25, -0.2) is 0 Å². The van der Waals surface area contributed by atoms with Crippen molar-refractivity contribution in [2.75, 3.05) is 13.1 Å². The number of nitrogens with zero attached hydrogens (tertiary/aromatic N) is 1. The van der Waals surface area contributed by atoms with E-state index in [9.17, 15) is 4.79 Å². The molecular weight excluding hydrogens is 218 g/mol. The third-order valence-electron chi connectivity index (χ3n) is 2.25. The molecule has 1 unspecified atom stereocenters. The minimum absolute atomic E-state index is 0.120. The Bertz CT molecular complexity index is 330. The summed E-state index contributed by atoms with van der Waals surface area (Å²) < 4.78 is 5.43. The van der Waals surface area contributed by atoms with Crippen molar-refractivity contribution < 1.29 is 9.53 Å². The highest BCUT2D eigenvalue weighted by molar-refractivity contribution is 5.80. The van der Waals surface area contributed by atoms with Crippen LogP contribution < -0.4 is 15.8 Å². The number of amides is 1. The van der Waals surface area contributed by atoms with Gasteiger partial charge in [0.1, 0.15) is 5.75 Å². The third-order valence-corrected chi connectivity index (χ3v) is 2.25. The van der Waals surface area contributed by atoms with E-state index in [1.165, 1.54) is 0 Å². The van der Waals surface area contributed by atoms with Crippen LogP contribution in [0.2, 0.25) is 0 Å². The first-order chi connectivity index (χ1) is 8.24. The van der Waals surface area contributed by atoms with E-state index in [0.717, 1.165) is 12.8 Å². The Labute approximate surface area is 101 Å². The van der Waals surface area contributed by atoms with Crippen molar-refractivity contribution in [3.8, 4) is 5.75 Å². The van der Waals surface area contributed by atoms with Gasteiger partial charge < -0.3 is 15.8 Å². The molecule has 17 heavy (non-hydrogen) atoms. The Morgan fingerprint density at radius 3 is 3.06 bits per heavy atom. The van der Waals surface area contributed by atoms with Gasteiger partial charge in [-0.1, -0.05) is 0 Å². The molecule has 0 aliphatic rings. The molecule has 5 nitrogen and oxygen atoms in total. The van der Waals surface area contributed by atoms with E-state index < -0.39 is 6.10 Å². The third kappa shape index (κ3) is 5.31. The van der Waals surface area contributed by atoms with Crippen molar-refractivity contribution in [1.29, 1.82) is 0 Å². The number of nitrogens with two attached hydrogens (primary N) is 1. The first-order valence-corrected chi connectivity index (χ1v) is 5.78. The zero-order valence-electron chi connectivity index (χ0n) is 10.1. The van der Waals surface area contributed by atoms with E-state index in [-0.39, 0.29) is 5.91 Å². The van der Waals surface area contributed by atoms with E-state index in [2.05, 4.69) is 10.3 Å². The lowest BCUT2D eigenvalue weighted by Gasteiger charge is -2.14. The number of ether oxygens (including phenoxy) is 1. The minimum atomic E-state index is -0.517. The average Bonchev–Trinajstić information content (AvgIpc) is 2.35. The average molecular weight is 237 g/mol. The van der Waals surface area contributed by atoms with Crippen LogP contribution in [0.3, 0.4) is 0 Å². The highest BCUT2D eigenvalue weighted by atomic mass is 16.5. The molecule has 0 spiro atoms. The maximum absolute atomic E-state index is 11.6. The fourth-order valence-electron chi connectivity index (χ4n) is 1.30. The van der Waals surface area contributed by atoms with Gasteiger partial charge in [0.05, 0.1) is 6.20 Å². The number of rotatable bonds is 7. The molecule has 0 fully saturated rings. The Balaban J connectivity index is 2.27. The molecule has 1 amide bonds. The molecule has 0 saturated heterocycles. The Morgan fingerprint density at radius 2 is 2.41 bits per heavy atom. The summed E-state index contributed by atoms with van der Waals surface area (Å²) in [6, 6.07) is 3.53. The number of nitrogens with one attached hydrogen (secondary N) is 1. The summed E-state index contributed by atoms with van der Waals surface area (Å²) in [4.78, 5) is 15.5. The van der Waals surface area contributed by atoms with E-state index in [0.29, 0.717) is 18.8 Å². The van der Waals surface area contributed by atoms with Crippen molar-refractivity contribution >= 4 is 5.91 Å². The second kappa shape index (κ2) is 7.62. The summed E-state index contributed by atoms with van der Waals surface area (Å²) in [6.07, 6.45) is 4.53. The van der Waals surface area contributed by atoms with Crippen molar-refractivity contribution in [2.45, 2.75) is 25.9 Å². The fourth-order valence-corrected chi connectivity index (χ4v) is 1.30. The zero-order valence-corrected chi connectivity index (χ0v) is 10.1. The topological polar surface area (TPSA) is 77.2 Å². The first kappa shape index (κ1) is 13.4. The molecule has 94 valence electrons. The predicted molar refractivity (Wildman–Crippen MR) is 65.6 cm³/mol. The summed E-state index contributed by atoms with van der Waals surface area (Å²) in [5.41, 5.74) is 5.36. The molecule has 0 aliphatic heterocycles. The summed E-state index contributed by atoms with van der Waals surface area (Å²) in [5, 5.41) is 2.80. The summed E-state index contributed by atoms with van der Waals surface area (Å²) in [5.74, 6) is 0.475. The van der Waals surface area contributed by atoms with E-state index in [4.69, 9.17) is 10.5 Å². The highest BCUT2D eigenvalue weighted by Crippen LogP contribution is 2.08. The van der Waals surface area contributed by atoms with E-state index >= 15 is 0 Å². The molecule has 5 heteroatoms. The summed E-state index contributed by atoms with van der Waals surface area (Å²) >= 11 is 0. The standard InChI is InChI=1S/C12H19N3O2/c1-10(12(16)15-8-3-2-6-13)17-11-5-4-7-14-9-11/h4-5,7,9-10H,2-3,6,8,13H2,1H3,(H,15,16). The second-order valence-corrected chi connectivity index (χ2v) is 3.74. The lowest BCUT2D eigenvalue weighted by Crippen LogP contribution is -2.36. The number of hydrogen-bond donors (Lipinski definition) is 2. The monoisotopic (exact) mass is 237 g/mol. The lowest BCUT2D eigenvalue weighted by molar-refractivity contribution is -0.127. The second-order valence-electron chi connectivity index (χ2n) is 3.74. The predicted octanol–water partition coefficient (Wildman–Crippen LogP) is 0.704. The minimum Gasteiger partial charge on any atom is -0.479 e. The molecule has 1 heterocycles. The molecule has 0 bridgehead atoms. The quantitative estimate of drug-likeness (QED) is 0.684. The van der Waals surface area contributed by atoms with Crippen molar-refractivity contribution in [3.63, 3.8) is 0 Å². The Kier molecular flexibility index (Phi) is 6.03. The maximum Gasteiger partial charge on any atom is 0.260 e. The Morgan fingerprint density at radius 1 is 1.59 bits per heavy atom. The van der Waals surface area contributed by atoms with Crippen LogP contribution >= 0.6 is 0 Å². The first-order valence-electron chi connectivity index (χ1n) is 5.78. The van der Waals surface area contributed by atoms with Gasteiger partial charge in [-0.05, 0) is 38.4 Å². The van der Waals surface area contributed by atoms with Gasteiger partial charge in [0.15, 0.2) is 6.10 Å². The smallest absolute Gasteiger partial charge is 0.260 e. The normalized spacial score (nSPS) is 11.9. The number of pyridine rings is 1. The number of hydrogen-bond acceptors (Lipinski definition) is 4. The molecule has 0 saturated carbocycles. The van der Waals surface area contributed by atoms with E-state index in [1.807, 2.05) is 0 Å². The molecule has 1 aromatic rings. The SMILES string of the molecule is CC(Oc1cccnc1)C(=O)NCCCCN. The molecular formula is C12H19N3O2. The number of aromatic nitrogens is 1. The van der Waals surface area contributed by atoms with Gasteiger partial charge in [-0.2, -0.15) is 0 Å². The summed E-state index contributed by atoms with van der Waals surface area (Å²) in [6.45, 7) is 3.00. The largest absolute Gasteiger partial charge is 0.479 e. The molecule has 1 aromatic heterocycles. The number of carbonyl (C=O) groups is 1. The van der Waals surface area contributed by atoms with Crippen molar-refractivity contribution in [1.82, 2.24) is 10.3 Å². The van der Waals surface area contributed by atoms with Gasteiger partial charge in [0, 0.05) is 12.7 Å². The van der Waals surface area contributed by atoms with Crippen LogP contribution in [0.4, 0.5) is 0 Å². The van der Waals surface area contributed by atoms with Crippen LogP contribution in [0.5, 0.6) is 5.75 Å². The van der Waals surface area contributed by atoms with Crippen molar-refractivity contribution in [2.24, 2.45) is 5.73 Å². The van der Waals surface area contributed by atoms with E-state index in [1.54, 1.807) is 31.5 Å². The molecule has 1 atom stereocenters. The molecule has 0 radical (unpaired) electrons. The van der Waals surface area contributed by atoms with Gasteiger partial charge in [0.2, 0.25) is 0 Å². The van der Waals surface area contributed by atoms with Gasteiger partial charge in [-0.15, -0.1) is 0 Å². The van der Waals surface area contributed by atoms with Crippen LogP contribution in [0.1, 0.15) is 19.8 Å². The lowest BCUT2D eigenvalue weighted by atomic mass is 10.3.